The van der Waals surface area contributed by atoms with Crippen molar-refractivity contribution < 1.29 is 0 Å². The van der Waals surface area contributed by atoms with Crippen LogP contribution in [-0.2, 0) is 0 Å². The number of anilines is 1. The summed E-state index contributed by atoms with van der Waals surface area (Å²) in [4.78, 5) is 13.4. The number of piperidine rings is 1. The van der Waals surface area contributed by atoms with Crippen LogP contribution in [0.3, 0.4) is 0 Å². The highest BCUT2D eigenvalue weighted by molar-refractivity contribution is 5.38. The number of H-pyrrole nitrogens is 1. The van der Waals surface area contributed by atoms with Crippen LogP contribution in [0.4, 0.5) is 5.82 Å². The molecule has 0 amide bonds. The number of hydrogen-bond acceptors (Lipinski definition) is 4. The Balaban J connectivity index is 1.65. The molecule has 1 aliphatic carbocycles. The predicted octanol–water partition coefficient (Wildman–Crippen LogP) is 1.27. The molecule has 0 aromatic carbocycles. The first kappa shape index (κ1) is 12.7. The predicted molar refractivity (Wildman–Crippen MR) is 75.5 cm³/mol. The van der Waals surface area contributed by atoms with Crippen molar-refractivity contribution in [1.82, 2.24) is 15.5 Å². The van der Waals surface area contributed by atoms with Crippen molar-refractivity contribution in [3.8, 4) is 0 Å². The maximum absolute atomic E-state index is 11.1. The van der Waals surface area contributed by atoms with E-state index >= 15 is 0 Å². The molecule has 2 heterocycles. The first-order valence-corrected chi connectivity index (χ1v) is 7.39. The molecule has 2 aliphatic rings. The summed E-state index contributed by atoms with van der Waals surface area (Å²) in [6.45, 7) is 2.07. The average molecular weight is 262 g/mol. The second-order valence-electron chi connectivity index (χ2n) is 5.66. The van der Waals surface area contributed by atoms with E-state index in [2.05, 4.69) is 20.4 Å². The van der Waals surface area contributed by atoms with Gasteiger partial charge < -0.3 is 10.2 Å². The molecule has 1 saturated carbocycles. The van der Waals surface area contributed by atoms with Gasteiger partial charge in [-0.1, -0.05) is 6.42 Å². The normalized spacial score (nSPS) is 24.2. The Kier molecular flexibility index (Phi) is 3.82. The van der Waals surface area contributed by atoms with E-state index in [4.69, 9.17) is 0 Å². The van der Waals surface area contributed by atoms with Crippen LogP contribution in [0.1, 0.15) is 38.5 Å². The molecule has 5 heteroatoms. The van der Waals surface area contributed by atoms with E-state index in [1.165, 1.54) is 38.5 Å². The summed E-state index contributed by atoms with van der Waals surface area (Å²) < 4.78 is 0. The summed E-state index contributed by atoms with van der Waals surface area (Å²) in [6, 6.07) is 4.63. The Hall–Kier alpha value is -1.36. The van der Waals surface area contributed by atoms with Crippen molar-refractivity contribution in [3.63, 3.8) is 0 Å². The van der Waals surface area contributed by atoms with Crippen molar-refractivity contribution in [2.24, 2.45) is 0 Å². The summed E-state index contributed by atoms with van der Waals surface area (Å²) in [5.74, 6) is 0.903. The topological polar surface area (TPSA) is 61.0 Å². The molecule has 1 aliphatic heterocycles. The molecule has 104 valence electrons. The third kappa shape index (κ3) is 2.97. The molecule has 1 aromatic rings. The average Bonchev–Trinajstić information content (AvgIpc) is 2.39. The Morgan fingerprint density at radius 3 is 2.84 bits per heavy atom. The van der Waals surface area contributed by atoms with Gasteiger partial charge in [0.25, 0.3) is 5.56 Å². The van der Waals surface area contributed by atoms with Gasteiger partial charge in [0.05, 0.1) is 0 Å². The van der Waals surface area contributed by atoms with Crippen molar-refractivity contribution in [3.05, 3.63) is 22.5 Å². The smallest absolute Gasteiger partial charge is 0.264 e. The fourth-order valence-corrected chi connectivity index (χ4v) is 2.93. The molecule has 1 aromatic heterocycles. The molecule has 19 heavy (non-hydrogen) atoms. The van der Waals surface area contributed by atoms with E-state index in [1.807, 2.05) is 6.07 Å². The third-order valence-electron chi connectivity index (χ3n) is 4.33. The van der Waals surface area contributed by atoms with Gasteiger partial charge in [-0.05, 0) is 38.2 Å². The van der Waals surface area contributed by atoms with Gasteiger partial charge in [-0.2, -0.15) is 5.10 Å². The van der Waals surface area contributed by atoms with E-state index in [9.17, 15) is 4.79 Å². The van der Waals surface area contributed by atoms with E-state index in [0.29, 0.717) is 6.04 Å². The molecule has 2 fully saturated rings. The highest BCUT2D eigenvalue weighted by Crippen LogP contribution is 2.23. The molecule has 5 nitrogen and oxygen atoms in total. The van der Waals surface area contributed by atoms with Gasteiger partial charge in [-0.25, -0.2) is 5.10 Å². The largest absolute Gasteiger partial charge is 0.351 e. The van der Waals surface area contributed by atoms with Crippen molar-refractivity contribution in [2.75, 3.05) is 18.0 Å². The van der Waals surface area contributed by atoms with Gasteiger partial charge in [0, 0.05) is 31.2 Å². The van der Waals surface area contributed by atoms with E-state index in [0.717, 1.165) is 24.9 Å². The van der Waals surface area contributed by atoms with Crippen molar-refractivity contribution in [2.45, 2.75) is 50.6 Å². The molecular formula is C14H22N4O. The van der Waals surface area contributed by atoms with Gasteiger partial charge in [0.1, 0.15) is 5.82 Å². The second kappa shape index (κ2) is 5.74. The van der Waals surface area contributed by atoms with Gasteiger partial charge >= 0.3 is 0 Å². The maximum Gasteiger partial charge on any atom is 0.264 e. The van der Waals surface area contributed by atoms with E-state index < -0.39 is 0 Å². The van der Waals surface area contributed by atoms with E-state index in [-0.39, 0.29) is 5.56 Å². The first-order chi connectivity index (χ1) is 9.33. The Bertz CT molecular complexity index is 448. The van der Waals surface area contributed by atoms with Crippen LogP contribution in [0, 0.1) is 0 Å². The number of aromatic nitrogens is 2. The zero-order chi connectivity index (χ0) is 13.1. The summed E-state index contributed by atoms with van der Waals surface area (Å²) in [6.07, 6.45) is 7.72. The number of hydrogen-bond donors (Lipinski definition) is 2. The van der Waals surface area contributed by atoms with Crippen LogP contribution in [0.2, 0.25) is 0 Å². The Morgan fingerprint density at radius 1 is 1.26 bits per heavy atom. The molecule has 0 spiro atoms. The standard InChI is InChI=1S/C14H22N4O/c19-14-8-7-13(16-17-14)18-9-2-1-6-12(18)10-15-11-4-3-5-11/h7-8,11-12,15H,1-6,9-10H2,(H,17,19). The molecule has 2 N–H and O–H groups in total. The maximum atomic E-state index is 11.1. The molecule has 3 rings (SSSR count). The fraction of sp³-hybridized carbons (Fsp3) is 0.714. The lowest BCUT2D eigenvalue weighted by molar-refractivity contribution is 0.317. The van der Waals surface area contributed by atoms with Crippen LogP contribution in [0.5, 0.6) is 0 Å². The van der Waals surface area contributed by atoms with E-state index in [1.54, 1.807) is 6.07 Å². The molecule has 1 unspecified atom stereocenters. The van der Waals surface area contributed by atoms with Crippen molar-refractivity contribution in [1.29, 1.82) is 0 Å². The lowest BCUT2D eigenvalue weighted by atomic mass is 9.92. The van der Waals surface area contributed by atoms with Gasteiger partial charge in [0.15, 0.2) is 0 Å². The number of aromatic amines is 1. The number of nitrogens with one attached hydrogen (secondary N) is 2. The molecule has 0 bridgehead atoms. The molecular weight excluding hydrogens is 240 g/mol. The lowest BCUT2D eigenvalue weighted by Crippen LogP contribution is -2.49. The summed E-state index contributed by atoms with van der Waals surface area (Å²) in [5, 5.41) is 10.4. The summed E-state index contributed by atoms with van der Waals surface area (Å²) in [5.41, 5.74) is -0.134. The van der Waals surface area contributed by atoms with Crippen molar-refractivity contribution >= 4 is 5.82 Å². The minimum atomic E-state index is -0.134. The van der Waals surface area contributed by atoms with Gasteiger partial charge in [-0.3, -0.25) is 4.79 Å². The Morgan fingerprint density at radius 2 is 2.16 bits per heavy atom. The fourth-order valence-electron chi connectivity index (χ4n) is 2.93. The van der Waals surface area contributed by atoms with Crippen LogP contribution >= 0.6 is 0 Å². The zero-order valence-corrected chi connectivity index (χ0v) is 11.3. The van der Waals surface area contributed by atoms with Gasteiger partial charge in [-0.15, -0.1) is 0 Å². The number of rotatable bonds is 4. The monoisotopic (exact) mass is 262 g/mol. The van der Waals surface area contributed by atoms with Crippen LogP contribution in [0.15, 0.2) is 16.9 Å². The number of nitrogens with zero attached hydrogens (tertiary/aromatic N) is 2. The molecule has 1 saturated heterocycles. The zero-order valence-electron chi connectivity index (χ0n) is 11.3. The first-order valence-electron chi connectivity index (χ1n) is 7.39. The summed E-state index contributed by atoms with van der Waals surface area (Å²) >= 11 is 0. The third-order valence-corrected chi connectivity index (χ3v) is 4.33. The van der Waals surface area contributed by atoms with Gasteiger partial charge in [0.2, 0.25) is 0 Å². The lowest BCUT2D eigenvalue weighted by Gasteiger charge is -2.38. The Labute approximate surface area is 113 Å². The minimum absolute atomic E-state index is 0.134. The quantitative estimate of drug-likeness (QED) is 0.858. The highest BCUT2D eigenvalue weighted by atomic mass is 16.1. The minimum Gasteiger partial charge on any atom is -0.351 e. The van der Waals surface area contributed by atoms with Crippen LogP contribution < -0.4 is 15.8 Å². The molecule has 0 radical (unpaired) electrons. The summed E-state index contributed by atoms with van der Waals surface area (Å²) in [7, 11) is 0. The van der Waals surface area contributed by atoms with Crippen LogP contribution in [0.25, 0.3) is 0 Å². The SMILES string of the molecule is O=c1ccc(N2CCCCC2CNC2CCC2)n[nH]1. The second-order valence-corrected chi connectivity index (χ2v) is 5.66. The van der Waals surface area contributed by atoms with Crippen LogP contribution in [-0.4, -0.2) is 35.4 Å². The highest BCUT2D eigenvalue weighted by Gasteiger charge is 2.25. The molecule has 1 atom stereocenters.